The van der Waals surface area contributed by atoms with E-state index in [0.717, 1.165) is 109 Å². The summed E-state index contributed by atoms with van der Waals surface area (Å²) in [6.07, 6.45) is 73.2. The number of hydrogen-bond acceptors (Lipinski definition) is 5. The highest BCUT2D eigenvalue weighted by atomic mass is 16.5. The van der Waals surface area contributed by atoms with Gasteiger partial charge in [0, 0.05) is 6.42 Å². The third-order valence-electron chi connectivity index (χ3n) is 12.5. The summed E-state index contributed by atoms with van der Waals surface area (Å²) in [5.74, 6) is -0.548. The number of carbonyl (C=O) groups is 2. The number of nitrogens with one attached hydrogen (secondary N) is 1. The molecule has 0 rings (SSSR count). The van der Waals surface area contributed by atoms with Crippen LogP contribution >= 0.6 is 0 Å². The summed E-state index contributed by atoms with van der Waals surface area (Å²) in [5.41, 5.74) is 0. The minimum atomic E-state index is -0.809. The first-order valence-electron chi connectivity index (χ1n) is 28.5. The summed E-state index contributed by atoms with van der Waals surface area (Å²) < 4.78 is 5.93. The summed E-state index contributed by atoms with van der Waals surface area (Å²) in [6, 6.07) is -0.726. The van der Waals surface area contributed by atoms with Gasteiger partial charge in [-0.25, -0.2) is 0 Å². The Morgan fingerprint density at radius 1 is 0.456 bits per heavy atom. The Hall–Kier alpha value is -3.22. The molecule has 0 aliphatic rings. The number of ether oxygens (including phenoxy) is 1. The summed E-state index contributed by atoms with van der Waals surface area (Å²) in [6.45, 7) is 6.35. The molecule has 6 nitrogen and oxygen atoms in total. The third-order valence-corrected chi connectivity index (χ3v) is 12.5. The molecule has 68 heavy (non-hydrogen) atoms. The van der Waals surface area contributed by atoms with Crippen molar-refractivity contribution in [1.29, 1.82) is 0 Å². The molecule has 0 aliphatic carbocycles. The maximum atomic E-state index is 13.3. The first-order chi connectivity index (χ1) is 33.5. The molecule has 3 atom stereocenters. The normalized spacial score (nSPS) is 13.9. The van der Waals surface area contributed by atoms with Gasteiger partial charge in [0.1, 0.15) is 6.10 Å². The van der Waals surface area contributed by atoms with Crippen molar-refractivity contribution >= 4 is 11.9 Å². The van der Waals surface area contributed by atoms with Gasteiger partial charge in [-0.1, -0.05) is 246 Å². The number of aliphatic hydroxyl groups excluding tert-OH is 2. The van der Waals surface area contributed by atoms with Gasteiger partial charge in [-0.05, 0) is 96.3 Å². The van der Waals surface area contributed by atoms with Crippen molar-refractivity contribution < 1.29 is 24.5 Å². The lowest BCUT2D eigenvalue weighted by Gasteiger charge is -2.24. The van der Waals surface area contributed by atoms with Gasteiger partial charge in [-0.2, -0.15) is 0 Å². The van der Waals surface area contributed by atoms with Gasteiger partial charge in [-0.15, -0.1) is 0 Å². The standard InChI is InChI=1S/C62H107NO5/c1-4-7-10-13-16-19-22-25-28-30-31-32-34-37-40-43-46-49-52-55-62(67)68-58(53-50-47-44-41-38-35-33-29-26-23-20-17-14-11-8-5-2)56-61(66)63-59(57-64)60(65)54-51-48-45-42-39-36-27-24-21-18-15-12-9-6-3/h7,10,16,19,23,25-26,28-29,31-33,35,37-38,40,58-60,64-65H,4-6,8-9,11-15,17-18,20-22,24,27,30,34,36,39,41-57H2,1-3H3,(H,63,66)/b10-7-,19-16-,26-23+,28-25-,32-31-,33-29+,38-35+,40-37-. The number of allylic oxidation sites excluding steroid dienone is 16. The van der Waals surface area contributed by atoms with Crippen molar-refractivity contribution in [2.75, 3.05) is 6.61 Å². The van der Waals surface area contributed by atoms with Crippen molar-refractivity contribution in [2.45, 2.75) is 277 Å². The molecular weight excluding hydrogens is 839 g/mol. The molecule has 390 valence electrons. The van der Waals surface area contributed by atoms with E-state index >= 15 is 0 Å². The van der Waals surface area contributed by atoms with E-state index in [0.29, 0.717) is 19.3 Å². The molecule has 3 unspecified atom stereocenters. The monoisotopic (exact) mass is 946 g/mol. The van der Waals surface area contributed by atoms with Crippen LogP contribution in [0, 0.1) is 0 Å². The predicted octanol–water partition coefficient (Wildman–Crippen LogP) is 17.7. The zero-order valence-corrected chi connectivity index (χ0v) is 44.5. The van der Waals surface area contributed by atoms with E-state index in [1.54, 1.807) is 0 Å². The van der Waals surface area contributed by atoms with Gasteiger partial charge in [0.15, 0.2) is 0 Å². The third kappa shape index (κ3) is 49.2. The molecular formula is C62H107NO5. The van der Waals surface area contributed by atoms with Crippen LogP contribution in [0.25, 0.3) is 0 Å². The fraction of sp³-hybridized carbons (Fsp3) is 0.710. The highest BCUT2D eigenvalue weighted by molar-refractivity contribution is 5.77. The Kier molecular flexibility index (Phi) is 52.1. The van der Waals surface area contributed by atoms with Crippen molar-refractivity contribution in [3.63, 3.8) is 0 Å². The SMILES string of the molecule is CC/C=C\C/C=C\C/C=C\C/C=C\C/C=C\CCCCCC(=O)OC(CCCCC/C=C/C=C/C=C/CCCCCCC)CC(=O)NC(CO)C(O)CCCCCCCCCCCCCCCC. The Morgan fingerprint density at radius 3 is 1.34 bits per heavy atom. The number of hydrogen-bond donors (Lipinski definition) is 3. The molecule has 6 heteroatoms. The fourth-order valence-electron chi connectivity index (χ4n) is 8.16. The van der Waals surface area contributed by atoms with Gasteiger partial charge in [0.25, 0.3) is 0 Å². The summed E-state index contributed by atoms with van der Waals surface area (Å²) in [5, 5.41) is 23.9. The Labute approximate surface area is 420 Å². The lowest BCUT2D eigenvalue weighted by molar-refractivity contribution is -0.151. The van der Waals surface area contributed by atoms with Gasteiger partial charge in [0.2, 0.25) is 5.91 Å². The maximum Gasteiger partial charge on any atom is 0.306 e. The Morgan fingerprint density at radius 2 is 0.853 bits per heavy atom. The quantitative estimate of drug-likeness (QED) is 0.0244. The number of esters is 1. The van der Waals surface area contributed by atoms with Crippen molar-refractivity contribution in [3.8, 4) is 0 Å². The Bertz CT molecular complexity index is 1340. The summed E-state index contributed by atoms with van der Waals surface area (Å²) in [7, 11) is 0. The topological polar surface area (TPSA) is 95.9 Å². The van der Waals surface area contributed by atoms with E-state index in [2.05, 4.69) is 123 Å². The molecule has 0 heterocycles. The molecule has 1 amide bonds. The number of carbonyl (C=O) groups excluding carboxylic acids is 2. The first-order valence-corrected chi connectivity index (χ1v) is 28.5. The second-order valence-electron chi connectivity index (χ2n) is 19.0. The second kappa shape index (κ2) is 54.7. The zero-order valence-electron chi connectivity index (χ0n) is 44.5. The van der Waals surface area contributed by atoms with E-state index in [1.165, 1.54) is 103 Å². The van der Waals surface area contributed by atoms with E-state index < -0.39 is 18.2 Å². The molecule has 0 aromatic heterocycles. The van der Waals surface area contributed by atoms with Crippen LogP contribution in [0.4, 0.5) is 0 Å². The first kappa shape index (κ1) is 64.8. The van der Waals surface area contributed by atoms with E-state index in [4.69, 9.17) is 4.74 Å². The maximum absolute atomic E-state index is 13.3. The number of amides is 1. The van der Waals surface area contributed by atoms with Gasteiger partial charge < -0.3 is 20.3 Å². The molecule has 0 aliphatic heterocycles. The number of rotatable bonds is 50. The lowest BCUT2D eigenvalue weighted by atomic mass is 10.0. The second-order valence-corrected chi connectivity index (χ2v) is 19.0. The van der Waals surface area contributed by atoms with Gasteiger partial charge in [-0.3, -0.25) is 9.59 Å². The molecule has 0 radical (unpaired) electrons. The summed E-state index contributed by atoms with van der Waals surface area (Å²) in [4.78, 5) is 26.3. The molecule has 0 bridgehead atoms. The molecule has 3 N–H and O–H groups in total. The molecule has 0 aromatic carbocycles. The van der Waals surface area contributed by atoms with Crippen LogP contribution in [0.15, 0.2) is 97.2 Å². The average molecular weight is 947 g/mol. The van der Waals surface area contributed by atoms with Crippen molar-refractivity contribution in [3.05, 3.63) is 97.2 Å². The smallest absolute Gasteiger partial charge is 0.306 e. The molecule has 0 saturated carbocycles. The average Bonchev–Trinajstić information content (AvgIpc) is 3.33. The molecule has 0 aromatic rings. The van der Waals surface area contributed by atoms with Crippen LogP contribution in [0.2, 0.25) is 0 Å². The largest absolute Gasteiger partial charge is 0.462 e. The van der Waals surface area contributed by atoms with E-state index in [1.807, 2.05) is 0 Å². The van der Waals surface area contributed by atoms with Gasteiger partial charge in [0.05, 0.1) is 25.2 Å². The minimum absolute atomic E-state index is 0.0366. The van der Waals surface area contributed by atoms with Crippen LogP contribution in [-0.2, 0) is 14.3 Å². The van der Waals surface area contributed by atoms with Gasteiger partial charge >= 0.3 is 5.97 Å². The van der Waals surface area contributed by atoms with Crippen LogP contribution in [0.3, 0.4) is 0 Å². The van der Waals surface area contributed by atoms with E-state index in [-0.39, 0.29) is 24.9 Å². The van der Waals surface area contributed by atoms with Crippen molar-refractivity contribution in [1.82, 2.24) is 5.32 Å². The predicted molar refractivity (Wildman–Crippen MR) is 296 cm³/mol. The number of aliphatic hydroxyl groups is 2. The Balaban J connectivity index is 4.71. The van der Waals surface area contributed by atoms with Crippen LogP contribution in [0.5, 0.6) is 0 Å². The van der Waals surface area contributed by atoms with Crippen LogP contribution in [-0.4, -0.2) is 46.9 Å². The molecule has 0 spiro atoms. The van der Waals surface area contributed by atoms with Crippen LogP contribution in [0.1, 0.15) is 258 Å². The molecule has 0 fully saturated rings. The highest BCUT2D eigenvalue weighted by Crippen LogP contribution is 2.17. The van der Waals surface area contributed by atoms with Crippen LogP contribution < -0.4 is 5.32 Å². The number of unbranched alkanes of at least 4 members (excludes halogenated alkanes) is 24. The lowest BCUT2D eigenvalue weighted by Crippen LogP contribution is -2.46. The summed E-state index contributed by atoms with van der Waals surface area (Å²) >= 11 is 0. The van der Waals surface area contributed by atoms with E-state index in [9.17, 15) is 19.8 Å². The molecule has 0 saturated heterocycles. The zero-order chi connectivity index (χ0) is 49.5. The van der Waals surface area contributed by atoms with Crippen molar-refractivity contribution in [2.24, 2.45) is 0 Å². The minimum Gasteiger partial charge on any atom is -0.462 e. The fourth-order valence-corrected chi connectivity index (χ4v) is 8.16. The highest BCUT2D eigenvalue weighted by Gasteiger charge is 2.24.